The van der Waals surface area contributed by atoms with Crippen molar-refractivity contribution in [1.29, 1.82) is 0 Å². The second-order valence-corrected chi connectivity index (χ2v) is 7.22. The Morgan fingerprint density at radius 1 is 1.00 bits per heavy atom. The van der Waals surface area contributed by atoms with Gasteiger partial charge in [0.05, 0.1) is 11.2 Å². The molecule has 1 N–H and O–H groups in total. The van der Waals surface area contributed by atoms with Crippen LogP contribution in [-0.2, 0) is 9.31 Å². The minimum Gasteiger partial charge on any atom is -0.398 e. The predicted octanol–water partition coefficient (Wildman–Crippen LogP) is 5.01. The molecule has 0 atom stereocenters. The van der Waals surface area contributed by atoms with Crippen LogP contribution < -0.4 is 0 Å². The minimum atomic E-state index is -0.960. The molecule has 0 saturated carbocycles. The highest BCUT2D eigenvalue weighted by Crippen LogP contribution is 2.40. The van der Waals surface area contributed by atoms with Crippen LogP contribution in [0.1, 0.15) is 40.2 Å². The number of allylic oxidation sites excluding steroid dienone is 1. The van der Waals surface area contributed by atoms with Gasteiger partial charge in [0, 0.05) is 11.9 Å². The smallest absolute Gasteiger partial charge is 0.398 e. The molecule has 24 heavy (non-hydrogen) atoms. The molecule has 1 saturated heterocycles. The highest BCUT2D eigenvalue weighted by Gasteiger charge is 2.53. The van der Waals surface area contributed by atoms with Gasteiger partial charge in [0.2, 0.25) is 0 Å². The summed E-state index contributed by atoms with van der Waals surface area (Å²) in [6, 6.07) is 11.7. The zero-order chi connectivity index (χ0) is 17.5. The van der Waals surface area contributed by atoms with E-state index in [0.29, 0.717) is 5.57 Å². The van der Waals surface area contributed by atoms with E-state index in [1.165, 1.54) is 0 Å². The standard InChI is InChI=1S/C19H23BFNO2/c1-13(17(21)20-23-18(2,3)19(4,5)24-20)14-8-10-15(11-9-14)16-7-6-12-22-16/h6-12,22H,1-5H3. The molecular weight excluding hydrogens is 304 g/mol. The summed E-state index contributed by atoms with van der Waals surface area (Å²) >= 11 is 0. The van der Waals surface area contributed by atoms with Crippen LogP contribution in [0.4, 0.5) is 4.39 Å². The van der Waals surface area contributed by atoms with Crippen molar-refractivity contribution in [2.24, 2.45) is 0 Å². The fraction of sp³-hybridized carbons (Fsp3) is 0.368. The van der Waals surface area contributed by atoms with Crippen molar-refractivity contribution in [2.45, 2.75) is 45.8 Å². The third kappa shape index (κ3) is 2.94. The van der Waals surface area contributed by atoms with E-state index in [4.69, 9.17) is 9.31 Å². The molecule has 0 aliphatic carbocycles. The van der Waals surface area contributed by atoms with Crippen molar-refractivity contribution >= 4 is 12.7 Å². The van der Waals surface area contributed by atoms with Gasteiger partial charge in [0.1, 0.15) is 5.73 Å². The molecule has 2 aromatic rings. The molecular formula is C19H23BFNO2. The van der Waals surface area contributed by atoms with Gasteiger partial charge >= 0.3 is 7.12 Å². The normalized spacial score (nSPS) is 20.2. The Hall–Kier alpha value is -1.85. The summed E-state index contributed by atoms with van der Waals surface area (Å²) in [5.74, 6) is 0. The Morgan fingerprint density at radius 2 is 1.58 bits per heavy atom. The summed E-state index contributed by atoms with van der Waals surface area (Å²) in [7, 11) is -0.960. The summed E-state index contributed by atoms with van der Waals surface area (Å²) in [6.07, 6.45) is 1.88. The lowest BCUT2D eigenvalue weighted by molar-refractivity contribution is 0.00578. The molecule has 3 nitrogen and oxygen atoms in total. The third-order valence-electron chi connectivity index (χ3n) is 5.05. The maximum absolute atomic E-state index is 14.9. The maximum Gasteiger partial charge on any atom is 0.525 e. The monoisotopic (exact) mass is 327 g/mol. The summed E-state index contributed by atoms with van der Waals surface area (Å²) in [4.78, 5) is 3.16. The lowest BCUT2D eigenvalue weighted by Crippen LogP contribution is -2.41. The number of hydrogen-bond acceptors (Lipinski definition) is 2. The van der Waals surface area contributed by atoms with Gasteiger partial charge in [-0.05, 0) is 63.5 Å². The Morgan fingerprint density at radius 3 is 2.08 bits per heavy atom. The first-order valence-electron chi connectivity index (χ1n) is 8.17. The molecule has 1 aromatic heterocycles. The number of rotatable bonds is 3. The number of benzene rings is 1. The van der Waals surface area contributed by atoms with Gasteiger partial charge in [-0.15, -0.1) is 0 Å². The van der Waals surface area contributed by atoms with Crippen molar-refractivity contribution in [3.8, 4) is 11.3 Å². The van der Waals surface area contributed by atoms with Gasteiger partial charge in [-0.3, -0.25) is 0 Å². The second-order valence-electron chi connectivity index (χ2n) is 7.22. The van der Waals surface area contributed by atoms with Crippen molar-refractivity contribution in [3.05, 3.63) is 53.9 Å². The van der Waals surface area contributed by atoms with Gasteiger partial charge < -0.3 is 14.3 Å². The summed E-state index contributed by atoms with van der Waals surface area (Å²) < 4.78 is 26.5. The van der Waals surface area contributed by atoms with Gasteiger partial charge in [-0.2, -0.15) is 0 Å². The van der Waals surface area contributed by atoms with Crippen LogP contribution in [0.5, 0.6) is 0 Å². The molecule has 126 valence electrons. The van der Waals surface area contributed by atoms with Gasteiger partial charge in [-0.25, -0.2) is 4.39 Å². The number of hydrogen-bond donors (Lipinski definition) is 1. The van der Waals surface area contributed by atoms with E-state index in [0.717, 1.165) is 16.8 Å². The molecule has 1 aliphatic heterocycles. The number of nitrogens with one attached hydrogen (secondary N) is 1. The number of H-pyrrole nitrogens is 1. The zero-order valence-electron chi connectivity index (χ0n) is 14.8. The molecule has 1 aromatic carbocycles. The highest BCUT2D eigenvalue weighted by atomic mass is 19.1. The predicted molar refractivity (Wildman–Crippen MR) is 96.0 cm³/mol. The molecule has 2 heterocycles. The van der Waals surface area contributed by atoms with Crippen molar-refractivity contribution < 1.29 is 13.7 Å². The second kappa shape index (κ2) is 5.90. The van der Waals surface area contributed by atoms with Crippen LogP contribution in [0.25, 0.3) is 16.8 Å². The van der Waals surface area contributed by atoms with E-state index in [9.17, 15) is 4.39 Å². The minimum absolute atomic E-state index is 0.374. The van der Waals surface area contributed by atoms with E-state index in [-0.39, 0.29) is 5.73 Å². The van der Waals surface area contributed by atoms with Crippen molar-refractivity contribution in [3.63, 3.8) is 0 Å². The van der Waals surface area contributed by atoms with Crippen LogP contribution in [0, 0.1) is 0 Å². The Labute approximate surface area is 143 Å². The number of aromatic nitrogens is 1. The fourth-order valence-electron chi connectivity index (χ4n) is 2.67. The van der Waals surface area contributed by atoms with Gasteiger partial charge in [0.15, 0.2) is 0 Å². The van der Waals surface area contributed by atoms with Crippen LogP contribution >= 0.6 is 0 Å². The van der Waals surface area contributed by atoms with E-state index in [2.05, 4.69) is 4.98 Å². The molecule has 0 amide bonds. The first kappa shape index (κ1) is 17.0. The molecule has 0 spiro atoms. The fourth-order valence-corrected chi connectivity index (χ4v) is 2.67. The average Bonchev–Trinajstić information content (AvgIpc) is 3.13. The van der Waals surface area contributed by atoms with E-state index >= 15 is 0 Å². The largest absolute Gasteiger partial charge is 0.525 e. The van der Waals surface area contributed by atoms with E-state index in [1.54, 1.807) is 6.92 Å². The molecule has 3 rings (SSSR count). The van der Waals surface area contributed by atoms with Crippen LogP contribution in [0.15, 0.2) is 48.3 Å². The molecule has 5 heteroatoms. The zero-order valence-corrected chi connectivity index (χ0v) is 14.8. The SMILES string of the molecule is CC(=C(F)B1OC(C)(C)C(C)(C)O1)c1ccc(-c2ccc[nH]2)cc1. The molecule has 0 bridgehead atoms. The quantitative estimate of drug-likeness (QED) is 0.804. The molecule has 0 radical (unpaired) electrons. The first-order valence-corrected chi connectivity index (χ1v) is 8.17. The van der Waals surface area contributed by atoms with Crippen LogP contribution in [0.2, 0.25) is 0 Å². The summed E-state index contributed by atoms with van der Waals surface area (Å²) in [5, 5.41) is 0. The van der Waals surface area contributed by atoms with E-state index in [1.807, 2.05) is 70.3 Å². The lowest BCUT2D eigenvalue weighted by atomic mass is 9.83. The van der Waals surface area contributed by atoms with Gasteiger partial charge in [0.25, 0.3) is 0 Å². The summed E-state index contributed by atoms with van der Waals surface area (Å²) in [5.41, 5.74) is 1.98. The highest BCUT2D eigenvalue weighted by molar-refractivity contribution is 6.55. The molecule has 1 aliphatic rings. The van der Waals surface area contributed by atoms with Crippen LogP contribution in [-0.4, -0.2) is 23.3 Å². The first-order chi connectivity index (χ1) is 11.2. The molecule has 1 fully saturated rings. The van der Waals surface area contributed by atoms with Gasteiger partial charge in [-0.1, -0.05) is 24.3 Å². The number of halogens is 1. The summed E-state index contributed by atoms with van der Waals surface area (Å²) in [6.45, 7) is 9.42. The van der Waals surface area contributed by atoms with Crippen molar-refractivity contribution in [2.75, 3.05) is 0 Å². The Kier molecular flexibility index (Phi) is 4.18. The van der Waals surface area contributed by atoms with E-state index < -0.39 is 18.3 Å². The average molecular weight is 327 g/mol. The lowest BCUT2D eigenvalue weighted by Gasteiger charge is -2.32. The Bertz CT molecular complexity index is 732. The van der Waals surface area contributed by atoms with Crippen LogP contribution in [0.3, 0.4) is 0 Å². The Balaban J connectivity index is 1.85. The number of aromatic amines is 1. The maximum atomic E-state index is 14.9. The van der Waals surface area contributed by atoms with Crippen molar-refractivity contribution in [1.82, 2.24) is 4.98 Å². The topological polar surface area (TPSA) is 34.2 Å². The third-order valence-corrected chi connectivity index (χ3v) is 5.05. The molecule has 0 unspecified atom stereocenters.